The number of aromatic nitrogens is 2. The Morgan fingerprint density at radius 3 is 2.34 bits per heavy atom. The van der Waals surface area contributed by atoms with Crippen molar-refractivity contribution in [3.63, 3.8) is 0 Å². The molecule has 1 saturated carbocycles. The summed E-state index contributed by atoms with van der Waals surface area (Å²) in [6.07, 6.45) is 7.18. The van der Waals surface area contributed by atoms with Gasteiger partial charge in [-0.25, -0.2) is 8.42 Å². The largest absolute Gasteiger partial charge is 0.496 e. The maximum absolute atomic E-state index is 13.3. The Morgan fingerprint density at radius 2 is 1.66 bits per heavy atom. The van der Waals surface area contributed by atoms with Crippen LogP contribution in [0.15, 0.2) is 77.8 Å². The number of nitrogens with zero attached hydrogens (tertiary/aromatic N) is 3. The van der Waals surface area contributed by atoms with Gasteiger partial charge in [0.25, 0.3) is 0 Å². The van der Waals surface area contributed by atoms with E-state index < -0.39 is 15.8 Å². The van der Waals surface area contributed by atoms with E-state index in [9.17, 15) is 23.1 Å². The van der Waals surface area contributed by atoms with Crippen molar-refractivity contribution < 1.29 is 32.6 Å². The molecule has 14 heteroatoms. The Hall–Kier alpha value is -4.95. The van der Waals surface area contributed by atoms with Crippen LogP contribution in [0.5, 0.6) is 11.5 Å². The van der Waals surface area contributed by atoms with Crippen LogP contribution >= 0.6 is 11.6 Å². The fraction of sp³-hybridized carbons (Fsp3) is 0.386. The Labute approximate surface area is 344 Å². The number of hydrogen-bond acceptors (Lipinski definition) is 9. The van der Waals surface area contributed by atoms with E-state index in [-0.39, 0.29) is 35.3 Å². The average Bonchev–Trinajstić information content (AvgIpc) is 3.83. The van der Waals surface area contributed by atoms with Crippen molar-refractivity contribution in [2.24, 2.45) is 5.92 Å². The molecular formula is C44H50ClN5O7S. The molecule has 2 fully saturated rings. The summed E-state index contributed by atoms with van der Waals surface area (Å²) in [5, 5.41) is 22.0. The first kappa shape index (κ1) is 41.2. The van der Waals surface area contributed by atoms with Crippen molar-refractivity contribution in [3.8, 4) is 33.8 Å². The highest BCUT2D eigenvalue weighted by molar-refractivity contribution is 7.90. The lowest BCUT2D eigenvalue weighted by atomic mass is 9.85. The second-order valence-electron chi connectivity index (χ2n) is 15.5. The predicted molar refractivity (Wildman–Crippen MR) is 225 cm³/mol. The molecular weight excluding hydrogens is 778 g/mol. The average molecular weight is 828 g/mol. The molecule has 0 radical (unpaired) electrons. The number of hydrogen-bond donors (Lipinski definition) is 3. The summed E-state index contributed by atoms with van der Waals surface area (Å²) in [5.41, 5.74) is 6.58. The minimum atomic E-state index is -3.64. The fourth-order valence-electron chi connectivity index (χ4n) is 8.45. The van der Waals surface area contributed by atoms with Gasteiger partial charge in [0.15, 0.2) is 9.84 Å². The third-order valence-corrected chi connectivity index (χ3v) is 13.2. The van der Waals surface area contributed by atoms with Crippen LogP contribution in [0.2, 0.25) is 5.02 Å². The zero-order valence-corrected chi connectivity index (χ0v) is 34.8. The van der Waals surface area contributed by atoms with E-state index in [1.54, 1.807) is 37.2 Å². The second kappa shape index (κ2) is 17.5. The van der Waals surface area contributed by atoms with Crippen LogP contribution in [0.3, 0.4) is 0 Å². The molecule has 0 unspecified atom stereocenters. The number of sulfone groups is 1. The number of methoxy groups -OCH3 is 2. The number of carbonyl (C=O) groups is 2. The highest BCUT2D eigenvalue weighted by Gasteiger charge is 2.29. The number of aliphatic carboxylic acids is 1. The van der Waals surface area contributed by atoms with E-state index >= 15 is 0 Å². The molecule has 3 N–H and O–H groups in total. The van der Waals surface area contributed by atoms with Crippen LogP contribution in [-0.2, 0) is 39.1 Å². The predicted octanol–water partition coefficient (Wildman–Crippen LogP) is 6.94. The van der Waals surface area contributed by atoms with Crippen LogP contribution in [-0.4, -0.2) is 86.2 Å². The van der Waals surface area contributed by atoms with E-state index in [1.807, 2.05) is 61.6 Å². The minimum absolute atomic E-state index is 0.0969. The van der Waals surface area contributed by atoms with Gasteiger partial charge in [-0.3, -0.25) is 19.2 Å². The lowest BCUT2D eigenvalue weighted by molar-refractivity contribution is -0.143. The van der Waals surface area contributed by atoms with E-state index in [0.29, 0.717) is 55.2 Å². The van der Waals surface area contributed by atoms with Gasteiger partial charge in [-0.1, -0.05) is 54.1 Å². The van der Waals surface area contributed by atoms with E-state index in [1.165, 1.54) is 6.26 Å². The van der Waals surface area contributed by atoms with E-state index in [2.05, 4.69) is 15.5 Å². The summed E-state index contributed by atoms with van der Waals surface area (Å²) in [5.74, 6) is 0.353. The van der Waals surface area contributed by atoms with Crippen molar-refractivity contribution in [2.75, 3.05) is 34.1 Å². The Bertz CT molecular complexity index is 2440. The molecule has 0 bridgehead atoms. The number of halogens is 1. The molecule has 1 aromatic heterocycles. The van der Waals surface area contributed by atoms with E-state index in [0.717, 1.165) is 69.3 Å². The van der Waals surface area contributed by atoms with E-state index in [4.69, 9.17) is 26.2 Å². The fourth-order valence-corrected chi connectivity index (χ4v) is 9.74. The molecule has 7 rings (SSSR count). The lowest BCUT2D eigenvalue weighted by Gasteiger charge is -2.33. The number of carboxylic acid groups (broad SMARTS) is 1. The number of fused-ring (bicyclic) bond motifs is 1. The molecule has 2 aliphatic rings. The Kier molecular flexibility index (Phi) is 12.4. The van der Waals surface area contributed by atoms with Gasteiger partial charge in [0, 0.05) is 72.0 Å². The standard InChI is InChI=1S/C44H50ClN5O7S/c1-49(33-16-13-27(14-17-33)44(52)53)25-30-21-41(58(4,54)55)31(20-40(30)57-3)26-50-38-10-6-8-35(37(38)24-47-50)36-9-5-7-34(43(36)45)28-11-12-29(39(19-28)56-2)22-46-23-32-15-18-42(51)48-32/h5-12,19-21,24,27,32-33,46H,13-18,22-23,25-26H2,1-4H3,(H,48,51)(H,52,53)/t27?,32-,33?/m0/s1. The number of carbonyl (C=O) groups excluding carboxylic acids is 1. The van der Waals surface area contributed by atoms with Crippen LogP contribution in [0.1, 0.15) is 55.2 Å². The van der Waals surface area contributed by atoms with Crippen molar-refractivity contribution >= 4 is 44.2 Å². The van der Waals surface area contributed by atoms with Gasteiger partial charge in [-0.2, -0.15) is 5.10 Å². The first-order chi connectivity index (χ1) is 27.8. The molecule has 4 aromatic carbocycles. The Morgan fingerprint density at radius 1 is 0.948 bits per heavy atom. The molecule has 5 aromatic rings. The molecule has 1 aliphatic carbocycles. The molecule has 0 spiro atoms. The zero-order valence-electron chi connectivity index (χ0n) is 33.3. The smallest absolute Gasteiger partial charge is 0.306 e. The van der Waals surface area contributed by atoms with Crippen molar-refractivity contribution in [1.29, 1.82) is 0 Å². The topological polar surface area (TPSA) is 152 Å². The quantitative estimate of drug-likeness (QED) is 0.101. The van der Waals surface area contributed by atoms with Crippen LogP contribution in [0.25, 0.3) is 33.2 Å². The summed E-state index contributed by atoms with van der Waals surface area (Å²) in [6.45, 7) is 1.92. The summed E-state index contributed by atoms with van der Waals surface area (Å²) in [7, 11) is 1.57. The van der Waals surface area contributed by atoms with Crippen molar-refractivity contribution in [2.45, 2.75) is 75.1 Å². The maximum Gasteiger partial charge on any atom is 0.306 e. The summed E-state index contributed by atoms with van der Waals surface area (Å²) < 4.78 is 40.0. The van der Waals surface area contributed by atoms with Crippen LogP contribution in [0.4, 0.5) is 0 Å². The van der Waals surface area contributed by atoms with Gasteiger partial charge < -0.3 is 25.2 Å². The van der Waals surface area contributed by atoms with Gasteiger partial charge in [0.1, 0.15) is 11.5 Å². The first-order valence-corrected chi connectivity index (χ1v) is 21.8. The van der Waals surface area contributed by atoms with Gasteiger partial charge in [-0.05, 0) is 80.1 Å². The first-order valence-electron chi connectivity index (χ1n) is 19.6. The summed E-state index contributed by atoms with van der Waals surface area (Å²) >= 11 is 7.22. The van der Waals surface area contributed by atoms with Gasteiger partial charge in [-0.15, -0.1) is 0 Å². The maximum atomic E-state index is 13.3. The Balaban J connectivity index is 1.14. The zero-order chi connectivity index (χ0) is 41.1. The third kappa shape index (κ3) is 8.87. The molecule has 1 saturated heterocycles. The number of amides is 1. The minimum Gasteiger partial charge on any atom is -0.496 e. The number of carboxylic acids is 1. The van der Waals surface area contributed by atoms with Crippen molar-refractivity contribution in [1.82, 2.24) is 25.3 Å². The molecule has 306 valence electrons. The monoisotopic (exact) mass is 827 g/mol. The molecule has 12 nitrogen and oxygen atoms in total. The number of benzene rings is 4. The second-order valence-corrected chi connectivity index (χ2v) is 17.8. The molecule has 1 atom stereocenters. The normalized spacial score (nSPS) is 18.4. The molecule has 2 heterocycles. The summed E-state index contributed by atoms with van der Waals surface area (Å²) in [4.78, 5) is 25.4. The van der Waals surface area contributed by atoms with Gasteiger partial charge in [0.05, 0.1) is 48.3 Å². The third-order valence-electron chi connectivity index (χ3n) is 11.6. The number of rotatable bonds is 15. The lowest BCUT2D eigenvalue weighted by Crippen LogP contribution is -2.36. The van der Waals surface area contributed by atoms with Crippen LogP contribution in [0, 0.1) is 5.92 Å². The van der Waals surface area contributed by atoms with Crippen molar-refractivity contribution in [3.05, 3.63) is 94.6 Å². The van der Waals surface area contributed by atoms with Crippen LogP contribution < -0.4 is 20.1 Å². The summed E-state index contributed by atoms with van der Waals surface area (Å²) in [6, 6.07) is 21.7. The highest BCUT2D eigenvalue weighted by atomic mass is 35.5. The number of ether oxygens (including phenoxy) is 2. The molecule has 1 aliphatic heterocycles. The SMILES string of the molecule is COc1cc(-c2cccc(-c3cccc4c3cnn4Cc3cc(OC)c(CN(C)C4CCC(C(=O)O)CC4)cc3S(C)(=O)=O)c2Cl)ccc1CNC[C@@H]1CCC(=O)N1. The van der Waals surface area contributed by atoms with Gasteiger partial charge in [0.2, 0.25) is 5.91 Å². The molecule has 58 heavy (non-hydrogen) atoms. The van der Waals surface area contributed by atoms with Gasteiger partial charge >= 0.3 is 5.97 Å². The highest BCUT2D eigenvalue weighted by Crippen LogP contribution is 2.41. The number of nitrogens with one attached hydrogen (secondary N) is 2. The molecule has 1 amide bonds.